The van der Waals surface area contributed by atoms with Crippen LogP contribution < -0.4 is 5.73 Å². The molecule has 1 aromatic heterocycles. The number of nitrogens with two attached hydrogens (primary N) is 1. The van der Waals surface area contributed by atoms with Crippen molar-refractivity contribution in [2.24, 2.45) is 11.7 Å². The molecule has 8 heteroatoms. The number of nitriles is 1. The van der Waals surface area contributed by atoms with Crippen molar-refractivity contribution >= 4 is 23.4 Å². The van der Waals surface area contributed by atoms with E-state index in [1.165, 1.54) is 0 Å². The van der Waals surface area contributed by atoms with Crippen LogP contribution in [0, 0.1) is 24.2 Å². The summed E-state index contributed by atoms with van der Waals surface area (Å²) in [5, 5.41) is 14.0. The van der Waals surface area contributed by atoms with Crippen molar-refractivity contribution in [1.82, 2.24) is 14.7 Å². The Balaban J connectivity index is 1.56. The molecule has 0 unspecified atom stereocenters. The molecular formula is C25H24ClN5O2. The van der Waals surface area contributed by atoms with Crippen LogP contribution in [0.4, 0.5) is 0 Å². The first-order valence-electron chi connectivity index (χ1n) is 10.8. The Labute approximate surface area is 197 Å². The summed E-state index contributed by atoms with van der Waals surface area (Å²) < 4.78 is 1.78. The van der Waals surface area contributed by atoms with Gasteiger partial charge in [0.2, 0.25) is 5.91 Å². The number of benzene rings is 2. The summed E-state index contributed by atoms with van der Waals surface area (Å²) in [6, 6.07) is 14.8. The largest absolute Gasteiger partial charge is 0.369 e. The Hall–Kier alpha value is -3.63. The zero-order valence-electron chi connectivity index (χ0n) is 18.3. The average molecular weight is 462 g/mol. The number of hydrogen-bond acceptors (Lipinski definition) is 4. The monoisotopic (exact) mass is 461 g/mol. The van der Waals surface area contributed by atoms with E-state index in [4.69, 9.17) is 22.6 Å². The number of likely N-dealkylation sites (tertiary alicyclic amines) is 1. The van der Waals surface area contributed by atoms with Crippen LogP contribution in [0.3, 0.4) is 0 Å². The number of rotatable bonds is 5. The third-order valence-electron chi connectivity index (χ3n) is 6.24. The second-order valence-electron chi connectivity index (χ2n) is 8.25. The number of piperidine rings is 1. The first-order valence-corrected chi connectivity index (χ1v) is 11.2. The normalized spacial score (nSPS) is 14.2. The standard InChI is InChI=1S/C25H24ClN5O2/c1-16-20(15-29-31(16)21-7-6-19(14-27)23(26)13-21)12-18-4-2-3-5-22(18)25(33)30-10-8-17(9-11-30)24(28)32/h2-7,13,15,17H,8-12H2,1H3,(H2,28,32). The van der Waals surface area contributed by atoms with Crippen LogP contribution in [0.2, 0.25) is 5.02 Å². The number of nitrogens with zero attached hydrogens (tertiary/aromatic N) is 4. The summed E-state index contributed by atoms with van der Waals surface area (Å²) in [5.74, 6) is -0.482. The van der Waals surface area contributed by atoms with E-state index < -0.39 is 0 Å². The second kappa shape index (κ2) is 9.47. The Kier molecular flexibility index (Phi) is 6.47. The molecule has 0 spiro atoms. The van der Waals surface area contributed by atoms with E-state index in [9.17, 15) is 9.59 Å². The number of aromatic nitrogens is 2. The summed E-state index contributed by atoms with van der Waals surface area (Å²) in [6.07, 6.45) is 3.54. The van der Waals surface area contributed by atoms with Crippen molar-refractivity contribution in [2.75, 3.05) is 13.1 Å². The van der Waals surface area contributed by atoms with E-state index in [-0.39, 0.29) is 17.7 Å². The molecule has 0 aliphatic carbocycles. The summed E-state index contributed by atoms with van der Waals surface area (Å²) in [4.78, 5) is 26.5. The van der Waals surface area contributed by atoms with E-state index in [1.54, 1.807) is 34.0 Å². The van der Waals surface area contributed by atoms with E-state index in [1.807, 2.05) is 31.2 Å². The van der Waals surface area contributed by atoms with Crippen molar-refractivity contribution in [3.8, 4) is 11.8 Å². The van der Waals surface area contributed by atoms with Crippen molar-refractivity contribution in [1.29, 1.82) is 5.26 Å². The molecule has 0 saturated carbocycles. The number of halogens is 1. The topological polar surface area (TPSA) is 105 Å². The quantitative estimate of drug-likeness (QED) is 0.626. The molecule has 168 valence electrons. The van der Waals surface area contributed by atoms with Crippen LogP contribution in [0.1, 0.15) is 45.6 Å². The minimum absolute atomic E-state index is 0.0301. The smallest absolute Gasteiger partial charge is 0.254 e. The SMILES string of the molecule is Cc1c(Cc2ccccc2C(=O)N2CCC(C(N)=O)CC2)cnn1-c1ccc(C#N)c(Cl)c1. The van der Waals surface area contributed by atoms with Gasteiger partial charge >= 0.3 is 0 Å². The second-order valence-corrected chi connectivity index (χ2v) is 8.65. The summed E-state index contributed by atoms with van der Waals surface area (Å²) in [5.41, 5.74) is 10.1. The highest BCUT2D eigenvalue weighted by Gasteiger charge is 2.27. The molecule has 2 amide bonds. The number of amides is 2. The van der Waals surface area contributed by atoms with Crippen LogP contribution in [-0.2, 0) is 11.2 Å². The number of primary amides is 1. The molecule has 33 heavy (non-hydrogen) atoms. The van der Waals surface area contributed by atoms with Crippen molar-refractivity contribution in [3.63, 3.8) is 0 Å². The first kappa shape index (κ1) is 22.6. The van der Waals surface area contributed by atoms with Gasteiger partial charge in [-0.2, -0.15) is 10.4 Å². The molecule has 3 aromatic rings. The molecule has 2 heterocycles. The van der Waals surface area contributed by atoms with Gasteiger partial charge in [0.25, 0.3) is 5.91 Å². The van der Waals surface area contributed by atoms with Crippen LogP contribution >= 0.6 is 11.6 Å². The molecule has 0 radical (unpaired) electrons. The number of carbonyl (C=O) groups is 2. The molecule has 7 nitrogen and oxygen atoms in total. The maximum atomic E-state index is 13.2. The van der Waals surface area contributed by atoms with Crippen molar-refractivity contribution in [3.05, 3.63) is 81.6 Å². The Bertz CT molecular complexity index is 1250. The van der Waals surface area contributed by atoms with Gasteiger partial charge in [-0.3, -0.25) is 9.59 Å². The summed E-state index contributed by atoms with van der Waals surface area (Å²) >= 11 is 6.19. The molecule has 4 rings (SSSR count). The number of carbonyl (C=O) groups excluding carboxylic acids is 2. The molecule has 0 bridgehead atoms. The third kappa shape index (κ3) is 4.62. The highest BCUT2D eigenvalue weighted by atomic mass is 35.5. The minimum atomic E-state index is -0.293. The lowest BCUT2D eigenvalue weighted by atomic mass is 9.94. The maximum Gasteiger partial charge on any atom is 0.254 e. The molecule has 1 aliphatic heterocycles. The fourth-order valence-electron chi connectivity index (χ4n) is 4.23. The van der Waals surface area contributed by atoms with Crippen molar-refractivity contribution < 1.29 is 9.59 Å². The van der Waals surface area contributed by atoms with Crippen molar-refractivity contribution in [2.45, 2.75) is 26.2 Å². The number of hydrogen-bond donors (Lipinski definition) is 1. The van der Waals surface area contributed by atoms with E-state index in [0.717, 1.165) is 22.5 Å². The van der Waals surface area contributed by atoms with Gasteiger partial charge in [0, 0.05) is 36.7 Å². The van der Waals surface area contributed by atoms with Crippen LogP contribution in [-0.4, -0.2) is 39.6 Å². The van der Waals surface area contributed by atoms with Crippen LogP contribution in [0.15, 0.2) is 48.7 Å². The lowest BCUT2D eigenvalue weighted by Crippen LogP contribution is -2.42. The Morgan fingerprint density at radius 1 is 1.18 bits per heavy atom. The van der Waals surface area contributed by atoms with Gasteiger partial charge in [-0.25, -0.2) is 4.68 Å². The van der Waals surface area contributed by atoms with Crippen LogP contribution in [0.25, 0.3) is 5.69 Å². The Morgan fingerprint density at radius 3 is 2.58 bits per heavy atom. The predicted octanol–water partition coefficient (Wildman–Crippen LogP) is 3.63. The van der Waals surface area contributed by atoms with E-state index in [0.29, 0.717) is 48.5 Å². The fraction of sp³-hybridized carbons (Fsp3) is 0.280. The first-order chi connectivity index (χ1) is 15.9. The highest BCUT2D eigenvalue weighted by Crippen LogP contribution is 2.25. The van der Waals surface area contributed by atoms with Gasteiger partial charge in [0.05, 0.1) is 22.5 Å². The van der Waals surface area contributed by atoms with Gasteiger partial charge in [0.15, 0.2) is 0 Å². The molecule has 0 atom stereocenters. The zero-order chi connectivity index (χ0) is 23.5. The van der Waals surface area contributed by atoms with Gasteiger partial charge in [-0.15, -0.1) is 0 Å². The van der Waals surface area contributed by atoms with Gasteiger partial charge < -0.3 is 10.6 Å². The lowest BCUT2D eigenvalue weighted by Gasteiger charge is -2.31. The van der Waals surface area contributed by atoms with E-state index in [2.05, 4.69) is 11.2 Å². The molecule has 1 aliphatic rings. The van der Waals surface area contributed by atoms with E-state index >= 15 is 0 Å². The maximum absolute atomic E-state index is 13.2. The summed E-state index contributed by atoms with van der Waals surface area (Å²) in [7, 11) is 0. The predicted molar refractivity (Wildman–Crippen MR) is 125 cm³/mol. The van der Waals surface area contributed by atoms with Gasteiger partial charge in [-0.05, 0) is 55.2 Å². The molecule has 2 N–H and O–H groups in total. The molecule has 2 aromatic carbocycles. The Morgan fingerprint density at radius 2 is 1.91 bits per heavy atom. The van der Waals surface area contributed by atoms with Gasteiger partial charge in [0.1, 0.15) is 6.07 Å². The minimum Gasteiger partial charge on any atom is -0.369 e. The summed E-state index contributed by atoms with van der Waals surface area (Å²) in [6.45, 7) is 3.02. The van der Waals surface area contributed by atoms with Gasteiger partial charge in [-0.1, -0.05) is 29.8 Å². The third-order valence-corrected chi connectivity index (χ3v) is 6.56. The lowest BCUT2D eigenvalue weighted by molar-refractivity contribution is -0.123. The highest BCUT2D eigenvalue weighted by molar-refractivity contribution is 6.31. The average Bonchev–Trinajstić information content (AvgIpc) is 3.19. The molecule has 1 fully saturated rings. The zero-order valence-corrected chi connectivity index (χ0v) is 19.0. The fourth-order valence-corrected chi connectivity index (χ4v) is 4.45. The molecule has 1 saturated heterocycles. The van der Waals surface area contributed by atoms with Crippen LogP contribution in [0.5, 0.6) is 0 Å². The molecular weight excluding hydrogens is 438 g/mol.